The van der Waals surface area contributed by atoms with E-state index in [9.17, 15) is 9.59 Å². The van der Waals surface area contributed by atoms with Gasteiger partial charge in [0.15, 0.2) is 5.13 Å². The van der Waals surface area contributed by atoms with Gasteiger partial charge in [-0.2, -0.15) is 0 Å². The van der Waals surface area contributed by atoms with Crippen molar-refractivity contribution in [2.75, 3.05) is 23.6 Å². The summed E-state index contributed by atoms with van der Waals surface area (Å²) in [6, 6.07) is 6.78. The number of anilines is 1. The molecule has 1 atom stereocenters. The van der Waals surface area contributed by atoms with Gasteiger partial charge in [-0.05, 0) is 25.5 Å². The maximum atomic E-state index is 12.5. The monoisotopic (exact) mass is 425 g/mol. The zero-order valence-electron chi connectivity index (χ0n) is 14.8. The predicted molar refractivity (Wildman–Crippen MR) is 110 cm³/mol. The number of thioether (sulfide) groups is 1. The molecular weight excluding hydrogens is 406 g/mol. The van der Waals surface area contributed by atoms with Gasteiger partial charge in [-0.1, -0.05) is 23.7 Å². The van der Waals surface area contributed by atoms with Crippen molar-refractivity contribution in [3.8, 4) is 5.75 Å². The summed E-state index contributed by atoms with van der Waals surface area (Å²) in [5.74, 6) is 1.50. The van der Waals surface area contributed by atoms with Gasteiger partial charge in [0.1, 0.15) is 11.8 Å². The lowest BCUT2D eigenvalue weighted by Crippen LogP contribution is -2.44. The van der Waals surface area contributed by atoms with Crippen LogP contribution in [0.5, 0.6) is 5.75 Å². The van der Waals surface area contributed by atoms with E-state index in [0.717, 1.165) is 4.88 Å². The van der Waals surface area contributed by atoms with Crippen LogP contribution in [0.1, 0.15) is 17.7 Å². The number of nitrogens with one attached hydrogen (secondary N) is 1. The number of aromatic nitrogens is 1. The number of rotatable bonds is 7. The highest BCUT2D eigenvalue weighted by atomic mass is 35.5. The number of thiazole rings is 1. The highest BCUT2D eigenvalue weighted by molar-refractivity contribution is 7.99. The zero-order valence-corrected chi connectivity index (χ0v) is 17.2. The highest BCUT2D eigenvalue weighted by Gasteiger charge is 2.34. The summed E-state index contributed by atoms with van der Waals surface area (Å²) in [6.45, 7) is 2.32. The molecule has 1 saturated heterocycles. The number of hydrogen-bond donors (Lipinski definition) is 1. The molecule has 1 unspecified atom stereocenters. The summed E-state index contributed by atoms with van der Waals surface area (Å²) in [6.07, 6.45) is 2.60. The molecule has 0 spiro atoms. The molecule has 2 aromatic rings. The van der Waals surface area contributed by atoms with E-state index in [2.05, 4.69) is 10.3 Å². The Morgan fingerprint density at radius 2 is 2.22 bits per heavy atom. The molecule has 9 heteroatoms. The predicted octanol–water partition coefficient (Wildman–Crippen LogP) is 3.80. The van der Waals surface area contributed by atoms with Crippen LogP contribution in [0.15, 0.2) is 30.5 Å². The first-order valence-corrected chi connectivity index (χ1v) is 10.9. The number of amides is 2. The fraction of sp³-hybridized carbons (Fsp3) is 0.389. The fourth-order valence-corrected chi connectivity index (χ4v) is 4.66. The molecule has 1 aromatic heterocycles. The Morgan fingerprint density at radius 3 is 2.96 bits per heavy atom. The van der Waals surface area contributed by atoms with Gasteiger partial charge in [0, 0.05) is 23.2 Å². The molecular formula is C18H20ClN3O3S2. The quantitative estimate of drug-likeness (QED) is 0.683. The number of aryl methyl sites for hydroxylation is 1. The van der Waals surface area contributed by atoms with Crippen LogP contribution in [0.4, 0.5) is 5.13 Å². The van der Waals surface area contributed by atoms with E-state index in [1.54, 1.807) is 35.0 Å². The Labute approximate surface area is 171 Å². The van der Waals surface area contributed by atoms with Crippen LogP contribution in [-0.2, 0) is 9.59 Å². The number of halogens is 1. The SMILES string of the molecule is Cc1cnc(NC(=O)C2CSCN2C(=O)CCCOc2ccccc2Cl)s1. The van der Waals surface area contributed by atoms with E-state index < -0.39 is 6.04 Å². The molecule has 2 amide bonds. The largest absolute Gasteiger partial charge is 0.492 e. The summed E-state index contributed by atoms with van der Waals surface area (Å²) in [5.41, 5.74) is 0. The third-order valence-electron chi connectivity index (χ3n) is 3.99. The smallest absolute Gasteiger partial charge is 0.249 e. The van der Waals surface area contributed by atoms with Crippen LogP contribution >= 0.6 is 34.7 Å². The number of hydrogen-bond acceptors (Lipinski definition) is 6. The van der Waals surface area contributed by atoms with E-state index in [0.29, 0.717) is 47.0 Å². The normalized spacial score (nSPS) is 16.4. The summed E-state index contributed by atoms with van der Waals surface area (Å²) >= 11 is 9.04. The first-order chi connectivity index (χ1) is 13.0. The summed E-state index contributed by atoms with van der Waals surface area (Å²) in [7, 11) is 0. The molecule has 1 fully saturated rings. The van der Waals surface area contributed by atoms with Gasteiger partial charge >= 0.3 is 0 Å². The van der Waals surface area contributed by atoms with Crippen LogP contribution in [0.25, 0.3) is 0 Å². The van der Waals surface area contributed by atoms with E-state index >= 15 is 0 Å². The van der Waals surface area contributed by atoms with Crippen molar-refractivity contribution in [1.82, 2.24) is 9.88 Å². The van der Waals surface area contributed by atoms with Gasteiger partial charge in [-0.3, -0.25) is 9.59 Å². The zero-order chi connectivity index (χ0) is 19.2. The maximum Gasteiger partial charge on any atom is 0.249 e. The molecule has 0 saturated carbocycles. The molecule has 0 bridgehead atoms. The minimum atomic E-state index is -0.462. The second-order valence-corrected chi connectivity index (χ2v) is 8.67. The lowest BCUT2D eigenvalue weighted by molar-refractivity contribution is -0.136. The minimum Gasteiger partial charge on any atom is -0.492 e. The maximum absolute atomic E-state index is 12.5. The van der Waals surface area contributed by atoms with Gasteiger partial charge in [0.05, 0.1) is 17.5 Å². The number of para-hydroxylation sites is 1. The van der Waals surface area contributed by atoms with E-state index in [-0.39, 0.29) is 11.8 Å². The Hall–Kier alpha value is -1.77. The fourth-order valence-electron chi connectivity index (χ4n) is 2.62. The van der Waals surface area contributed by atoms with Crippen LogP contribution in [-0.4, -0.2) is 46.0 Å². The van der Waals surface area contributed by atoms with E-state index in [4.69, 9.17) is 16.3 Å². The van der Waals surface area contributed by atoms with Gasteiger partial charge in [0.25, 0.3) is 0 Å². The molecule has 1 aliphatic heterocycles. The van der Waals surface area contributed by atoms with Crippen molar-refractivity contribution in [2.24, 2.45) is 0 Å². The van der Waals surface area contributed by atoms with Crippen LogP contribution in [0.2, 0.25) is 5.02 Å². The summed E-state index contributed by atoms with van der Waals surface area (Å²) in [5, 5.41) is 3.92. The first-order valence-electron chi connectivity index (χ1n) is 8.52. The Balaban J connectivity index is 1.47. The Morgan fingerprint density at radius 1 is 1.41 bits per heavy atom. The van der Waals surface area contributed by atoms with Gasteiger partial charge in [-0.15, -0.1) is 23.1 Å². The molecule has 1 aliphatic rings. The third kappa shape index (κ3) is 5.37. The standard InChI is InChI=1S/C18H20ClN3O3S2/c1-12-9-20-18(27-12)21-17(24)14-10-26-11-22(14)16(23)7-4-8-25-15-6-3-2-5-13(15)19/h2-3,5-6,9,14H,4,7-8,10-11H2,1H3,(H,20,21,24). The van der Waals surface area contributed by atoms with E-state index in [1.165, 1.54) is 11.3 Å². The van der Waals surface area contributed by atoms with Crippen LogP contribution < -0.4 is 10.1 Å². The number of benzene rings is 1. The number of ether oxygens (including phenoxy) is 1. The van der Waals surface area contributed by atoms with Crippen LogP contribution in [0.3, 0.4) is 0 Å². The van der Waals surface area contributed by atoms with Gasteiger partial charge < -0.3 is 15.0 Å². The van der Waals surface area contributed by atoms with Crippen molar-refractivity contribution >= 4 is 51.6 Å². The van der Waals surface area contributed by atoms with Crippen molar-refractivity contribution in [3.05, 3.63) is 40.4 Å². The second kappa shape index (κ2) is 9.43. The molecule has 1 N–H and O–H groups in total. The molecule has 1 aromatic carbocycles. The molecule has 2 heterocycles. The number of nitrogens with zero attached hydrogens (tertiary/aromatic N) is 2. The summed E-state index contributed by atoms with van der Waals surface area (Å²) < 4.78 is 5.61. The molecule has 3 rings (SSSR count). The van der Waals surface area contributed by atoms with Crippen LogP contribution in [0, 0.1) is 6.92 Å². The average molecular weight is 426 g/mol. The average Bonchev–Trinajstić information content (AvgIpc) is 3.29. The Bertz CT molecular complexity index is 815. The number of carbonyl (C=O) groups excluding carboxylic acids is 2. The van der Waals surface area contributed by atoms with Crippen molar-refractivity contribution in [2.45, 2.75) is 25.8 Å². The third-order valence-corrected chi connectivity index (χ3v) is 6.14. The van der Waals surface area contributed by atoms with E-state index in [1.807, 2.05) is 19.1 Å². The lowest BCUT2D eigenvalue weighted by Gasteiger charge is -2.22. The topological polar surface area (TPSA) is 71.5 Å². The molecule has 144 valence electrons. The highest BCUT2D eigenvalue weighted by Crippen LogP contribution is 2.25. The lowest BCUT2D eigenvalue weighted by atomic mass is 10.2. The molecule has 27 heavy (non-hydrogen) atoms. The summed E-state index contributed by atoms with van der Waals surface area (Å²) in [4.78, 5) is 31.8. The minimum absolute atomic E-state index is 0.0433. The molecule has 0 radical (unpaired) electrons. The first kappa shape index (κ1) is 20.0. The molecule has 6 nitrogen and oxygen atoms in total. The van der Waals surface area contributed by atoms with Gasteiger partial charge in [-0.25, -0.2) is 4.98 Å². The Kier molecular flexibility index (Phi) is 6.98. The second-order valence-electron chi connectivity index (χ2n) is 6.03. The van der Waals surface area contributed by atoms with Crippen molar-refractivity contribution in [3.63, 3.8) is 0 Å². The number of carbonyl (C=O) groups is 2. The molecule has 0 aliphatic carbocycles. The van der Waals surface area contributed by atoms with Crippen molar-refractivity contribution in [1.29, 1.82) is 0 Å². The van der Waals surface area contributed by atoms with Gasteiger partial charge in [0.2, 0.25) is 11.8 Å². The van der Waals surface area contributed by atoms with Crippen molar-refractivity contribution < 1.29 is 14.3 Å².